The lowest BCUT2D eigenvalue weighted by Gasteiger charge is -2.38. The molecule has 28 heavy (non-hydrogen) atoms. The quantitative estimate of drug-likeness (QED) is 0.583. The van der Waals surface area contributed by atoms with E-state index in [0.717, 1.165) is 18.4 Å². The molecule has 0 saturated carbocycles. The number of nitrogens with two attached hydrogens (primary N) is 1. The molecular formula is C19H21N7O2. The number of nitrogens with one attached hydrogen (secondary N) is 2. The van der Waals surface area contributed by atoms with Gasteiger partial charge in [0.25, 0.3) is 0 Å². The Morgan fingerprint density at radius 1 is 1.25 bits per heavy atom. The van der Waals surface area contributed by atoms with Crippen LogP contribution in [0.1, 0.15) is 31.4 Å². The van der Waals surface area contributed by atoms with Gasteiger partial charge in [-0.15, -0.1) is 0 Å². The second-order valence-corrected chi connectivity index (χ2v) is 7.11. The van der Waals surface area contributed by atoms with Crippen LogP contribution in [0.2, 0.25) is 0 Å². The Bertz CT molecular complexity index is 1020. The lowest BCUT2D eigenvalue weighted by molar-refractivity contribution is -0.146. The van der Waals surface area contributed by atoms with Crippen LogP contribution < -0.4 is 11.1 Å². The summed E-state index contributed by atoms with van der Waals surface area (Å²) < 4.78 is 0. The van der Waals surface area contributed by atoms with Crippen LogP contribution in [-0.2, 0) is 9.59 Å². The number of fused-ring (bicyclic) bond motifs is 1. The van der Waals surface area contributed by atoms with E-state index < -0.39 is 11.8 Å². The number of carbonyl (C=O) groups excluding carboxylic acids is 2. The third kappa shape index (κ3) is 3.26. The number of piperidine rings is 1. The van der Waals surface area contributed by atoms with Crippen molar-refractivity contribution in [3.63, 3.8) is 0 Å². The molecule has 9 nitrogen and oxygen atoms in total. The number of hydrogen-bond acceptors (Lipinski definition) is 6. The highest BCUT2D eigenvalue weighted by Crippen LogP contribution is 2.33. The molecule has 3 aromatic rings. The van der Waals surface area contributed by atoms with Crippen LogP contribution in [0.25, 0.3) is 10.9 Å². The summed E-state index contributed by atoms with van der Waals surface area (Å²) in [5.74, 6) is -0.656. The van der Waals surface area contributed by atoms with E-state index in [1.807, 2.05) is 12.1 Å². The van der Waals surface area contributed by atoms with Crippen molar-refractivity contribution in [1.82, 2.24) is 25.1 Å². The molecule has 1 saturated heterocycles. The van der Waals surface area contributed by atoms with E-state index in [4.69, 9.17) is 5.73 Å². The predicted molar refractivity (Wildman–Crippen MR) is 104 cm³/mol. The highest BCUT2D eigenvalue weighted by Gasteiger charge is 2.34. The smallest absolute Gasteiger partial charge is 0.314 e. The molecule has 4 heterocycles. The van der Waals surface area contributed by atoms with E-state index in [-0.39, 0.29) is 6.04 Å². The van der Waals surface area contributed by atoms with Crippen molar-refractivity contribution in [2.45, 2.75) is 25.8 Å². The van der Waals surface area contributed by atoms with Gasteiger partial charge < -0.3 is 16.0 Å². The molecule has 1 aliphatic heterocycles. The molecule has 0 aromatic carbocycles. The topological polar surface area (TPSA) is 130 Å². The molecule has 2 amide bonds. The average Bonchev–Trinajstić information content (AvgIpc) is 3.21. The second-order valence-electron chi connectivity index (χ2n) is 7.11. The average molecular weight is 379 g/mol. The Hall–Kier alpha value is -3.49. The summed E-state index contributed by atoms with van der Waals surface area (Å²) >= 11 is 0. The van der Waals surface area contributed by atoms with Crippen molar-refractivity contribution in [3.05, 3.63) is 42.5 Å². The Kier molecular flexibility index (Phi) is 4.64. The summed E-state index contributed by atoms with van der Waals surface area (Å²) in [5.41, 5.74) is 7.69. The number of pyridine rings is 2. The van der Waals surface area contributed by atoms with Crippen LogP contribution in [0.4, 0.5) is 11.5 Å². The van der Waals surface area contributed by atoms with E-state index in [9.17, 15) is 9.59 Å². The van der Waals surface area contributed by atoms with Crippen molar-refractivity contribution < 1.29 is 9.59 Å². The van der Waals surface area contributed by atoms with Gasteiger partial charge in [-0.3, -0.25) is 19.7 Å². The first-order valence-corrected chi connectivity index (χ1v) is 9.14. The molecule has 0 radical (unpaired) electrons. The van der Waals surface area contributed by atoms with Gasteiger partial charge in [0, 0.05) is 18.9 Å². The number of nitrogens with zero attached hydrogens (tertiary/aromatic N) is 4. The van der Waals surface area contributed by atoms with Gasteiger partial charge in [0.1, 0.15) is 5.82 Å². The van der Waals surface area contributed by atoms with Gasteiger partial charge in [0.15, 0.2) is 0 Å². The standard InChI is InChI=1S/C19H21N7O2/c1-11-2-3-15(12-4-6-21-7-5-12)26(10-11)19(28)18(27)24-14-9-22-17(20)13-8-23-25-16(13)14/h4-9,11,15H,2-3,10H2,1H3,(H2,20,22)(H,23,25)(H,24,27). The van der Waals surface area contributed by atoms with Crippen LogP contribution in [0.15, 0.2) is 36.9 Å². The summed E-state index contributed by atoms with van der Waals surface area (Å²) in [6.07, 6.45) is 8.14. The summed E-state index contributed by atoms with van der Waals surface area (Å²) in [5, 5.41) is 9.95. The first-order chi connectivity index (χ1) is 13.5. The number of rotatable bonds is 2. The summed E-state index contributed by atoms with van der Waals surface area (Å²) in [7, 11) is 0. The van der Waals surface area contributed by atoms with E-state index in [0.29, 0.717) is 34.9 Å². The molecule has 2 atom stereocenters. The number of aromatic amines is 1. The minimum absolute atomic E-state index is 0.144. The Morgan fingerprint density at radius 3 is 2.82 bits per heavy atom. The summed E-state index contributed by atoms with van der Waals surface area (Å²) in [6, 6.07) is 3.63. The highest BCUT2D eigenvalue weighted by molar-refractivity contribution is 6.40. The number of aromatic nitrogens is 4. The zero-order chi connectivity index (χ0) is 19.7. The molecule has 1 aliphatic rings. The van der Waals surface area contributed by atoms with E-state index in [2.05, 4.69) is 32.4 Å². The predicted octanol–water partition coefficient (Wildman–Crippen LogP) is 1.87. The highest BCUT2D eigenvalue weighted by atomic mass is 16.2. The first-order valence-electron chi connectivity index (χ1n) is 9.14. The minimum Gasteiger partial charge on any atom is -0.383 e. The van der Waals surface area contributed by atoms with Crippen molar-refractivity contribution in [3.8, 4) is 0 Å². The van der Waals surface area contributed by atoms with Gasteiger partial charge >= 0.3 is 11.8 Å². The zero-order valence-corrected chi connectivity index (χ0v) is 15.4. The number of amides is 2. The molecule has 3 aromatic heterocycles. The maximum atomic E-state index is 13.0. The van der Waals surface area contributed by atoms with Gasteiger partial charge in [0.2, 0.25) is 0 Å². The summed E-state index contributed by atoms with van der Waals surface area (Å²) in [6.45, 7) is 2.61. The fraction of sp³-hybridized carbons (Fsp3) is 0.316. The van der Waals surface area contributed by atoms with Crippen LogP contribution in [0.3, 0.4) is 0 Å². The number of H-pyrrole nitrogens is 1. The minimum atomic E-state index is -0.712. The number of carbonyl (C=O) groups is 2. The molecule has 4 rings (SSSR count). The maximum Gasteiger partial charge on any atom is 0.314 e. The fourth-order valence-electron chi connectivity index (χ4n) is 3.66. The van der Waals surface area contributed by atoms with Gasteiger partial charge in [0.05, 0.1) is 35.0 Å². The number of nitrogen functional groups attached to an aromatic ring is 1. The molecular weight excluding hydrogens is 358 g/mol. The Labute approximate surface area is 161 Å². The number of hydrogen-bond donors (Lipinski definition) is 3. The lowest BCUT2D eigenvalue weighted by Crippen LogP contribution is -2.46. The number of anilines is 2. The SMILES string of the molecule is CC1CCC(c2ccncc2)N(C(=O)C(=O)Nc2cnc(N)c3cn[nH]c23)C1. The third-order valence-electron chi connectivity index (χ3n) is 5.13. The molecule has 0 bridgehead atoms. The molecule has 144 valence electrons. The third-order valence-corrected chi connectivity index (χ3v) is 5.13. The van der Waals surface area contributed by atoms with E-state index in [1.54, 1.807) is 17.3 Å². The zero-order valence-electron chi connectivity index (χ0n) is 15.4. The van der Waals surface area contributed by atoms with Crippen LogP contribution in [-0.4, -0.2) is 43.4 Å². The van der Waals surface area contributed by atoms with Crippen LogP contribution in [0, 0.1) is 5.92 Å². The molecule has 4 N–H and O–H groups in total. The van der Waals surface area contributed by atoms with Crippen LogP contribution in [0.5, 0.6) is 0 Å². The largest absolute Gasteiger partial charge is 0.383 e. The second kappa shape index (κ2) is 7.26. The Morgan fingerprint density at radius 2 is 2.04 bits per heavy atom. The van der Waals surface area contributed by atoms with Gasteiger partial charge in [-0.05, 0) is 36.5 Å². The molecule has 1 fully saturated rings. The molecule has 0 aliphatic carbocycles. The fourth-order valence-corrected chi connectivity index (χ4v) is 3.66. The van der Waals surface area contributed by atoms with Crippen LogP contribution >= 0.6 is 0 Å². The van der Waals surface area contributed by atoms with Gasteiger partial charge in [-0.2, -0.15) is 5.10 Å². The van der Waals surface area contributed by atoms with E-state index >= 15 is 0 Å². The first kappa shape index (κ1) is 17.9. The maximum absolute atomic E-state index is 13.0. The van der Waals surface area contributed by atoms with Crippen molar-refractivity contribution >= 4 is 34.2 Å². The van der Waals surface area contributed by atoms with Crippen molar-refractivity contribution in [1.29, 1.82) is 0 Å². The number of likely N-dealkylation sites (tertiary alicyclic amines) is 1. The van der Waals surface area contributed by atoms with Gasteiger partial charge in [-0.1, -0.05) is 6.92 Å². The van der Waals surface area contributed by atoms with E-state index in [1.165, 1.54) is 12.4 Å². The van der Waals surface area contributed by atoms with Gasteiger partial charge in [-0.25, -0.2) is 4.98 Å². The van der Waals surface area contributed by atoms with Crippen molar-refractivity contribution in [2.24, 2.45) is 5.92 Å². The van der Waals surface area contributed by atoms with Crippen molar-refractivity contribution in [2.75, 3.05) is 17.6 Å². The normalized spacial score (nSPS) is 19.5. The molecule has 2 unspecified atom stereocenters. The molecule has 0 spiro atoms. The molecule has 9 heteroatoms. The summed E-state index contributed by atoms with van der Waals surface area (Å²) in [4.78, 5) is 35.5. The lowest BCUT2D eigenvalue weighted by atomic mass is 9.90. The Balaban J connectivity index is 1.58. The monoisotopic (exact) mass is 379 g/mol.